The molecule has 0 aliphatic heterocycles. The molecular weight excluding hydrogens is 280 g/mol. The van der Waals surface area contributed by atoms with E-state index in [1.807, 2.05) is 18.2 Å². The van der Waals surface area contributed by atoms with Crippen molar-refractivity contribution in [3.8, 4) is 5.75 Å². The maximum atomic E-state index is 5.90. The van der Waals surface area contributed by atoms with Crippen molar-refractivity contribution in [3.05, 3.63) is 51.7 Å². The summed E-state index contributed by atoms with van der Waals surface area (Å²) in [6.07, 6.45) is 1.94. The molecular formula is C14H17ClN2OS. The Balaban J connectivity index is 1.79. The molecule has 0 radical (unpaired) electrons. The van der Waals surface area contributed by atoms with Crippen LogP contribution in [0.1, 0.15) is 12.0 Å². The maximum Gasteiger partial charge on any atom is 0.120 e. The average Bonchev–Trinajstić information content (AvgIpc) is 2.92. The Labute approximate surface area is 122 Å². The van der Waals surface area contributed by atoms with Gasteiger partial charge < -0.3 is 4.74 Å². The monoisotopic (exact) mass is 296 g/mol. The second-order valence-electron chi connectivity index (χ2n) is 4.30. The molecule has 0 spiro atoms. The zero-order valence-electron chi connectivity index (χ0n) is 10.5. The van der Waals surface area contributed by atoms with Gasteiger partial charge in [-0.3, -0.25) is 11.3 Å². The summed E-state index contributed by atoms with van der Waals surface area (Å²) >= 11 is 7.62. The molecule has 2 rings (SSSR count). The second-order valence-corrected chi connectivity index (χ2v) is 5.52. The molecule has 1 aromatic carbocycles. The Bertz CT molecular complexity index is 490. The Morgan fingerprint density at radius 1 is 1.37 bits per heavy atom. The number of nitrogens with one attached hydrogen (secondary N) is 1. The number of rotatable bonds is 7. The van der Waals surface area contributed by atoms with E-state index in [1.165, 1.54) is 5.56 Å². The molecule has 102 valence electrons. The summed E-state index contributed by atoms with van der Waals surface area (Å²) in [6, 6.07) is 9.64. The highest BCUT2D eigenvalue weighted by Gasteiger charge is 2.08. The van der Waals surface area contributed by atoms with Crippen molar-refractivity contribution in [2.24, 2.45) is 5.84 Å². The van der Waals surface area contributed by atoms with E-state index in [1.54, 1.807) is 17.4 Å². The zero-order valence-corrected chi connectivity index (χ0v) is 12.1. The summed E-state index contributed by atoms with van der Waals surface area (Å²) < 4.78 is 5.69. The molecule has 1 unspecified atom stereocenters. The first kappa shape index (κ1) is 14.3. The molecule has 0 saturated carbocycles. The molecule has 1 atom stereocenters. The third kappa shape index (κ3) is 4.84. The highest BCUT2D eigenvalue weighted by molar-refractivity contribution is 7.07. The van der Waals surface area contributed by atoms with Gasteiger partial charge in [0.1, 0.15) is 12.4 Å². The minimum atomic E-state index is 0.124. The molecule has 0 fully saturated rings. The van der Waals surface area contributed by atoms with Crippen LogP contribution in [0.2, 0.25) is 5.02 Å². The number of hydrogen-bond donors (Lipinski definition) is 2. The lowest BCUT2D eigenvalue weighted by molar-refractivity contribution is 0.258. The van der Waals surface area contributed by atoms with Crippen LogP contribution < -0.4 is 16.0 Å². The number of halogens is 1. The number of ether oxygens (including phenoxy) is 1. The van der Waals surface area contributed by atoms with Crippen LogP contribution in [-0.2, 0) is 6.42 Å². The minimum Gasteiger partial charge on any atom is -0.492 e. The largest absolute Gasteiger partial charge is 0.492 e. The van der Waals surface area contributed by atoms with Gasteiger partial charge in [-0.15, -0.1) is 0 Å². The van der Waals surface area contributed by atoms with E-state index < -0.39 is 0 Å². The van der Waals surface area contributed by atoms with Crippen molar-refractivity contribution < 1.29 is 4.74 Å². The molecule has 3 N–H and O–H groups in total. The summed E-state index contributed by atoms with van der Waals surface area (Å²) in [5, 5.41) is 4.92. The molecule has 0 aliphatic carbocycles. The van der Waals surface area contributed by atoms with E-state index in [9.17, 15) is 0 Å². The normalized spacial score (nSPS) is 12.3. The summed E-state index contributed by atoms with van der Waals surface area (Å²) in [5.74, 6) is 6.32. The number of hydrazine groups is 1. The van der Waals surface area contributed by atoms with Crippen LogP contribution in [0.25, 0.3) is 0 Å². The predicted octanol–water partition coefficient (Wildman–Crippen LogP) is 3.25. The van der Waals surface area contributed by atoms with Crippen LogP contribution in [-0.4, -0.2) is 12.6 Å². The molecule has 2 aromatic rings. The highest BCUT2D eigenvalue weighted by atomic mass is 35.5. The van der Waals surface area contributed by atoms with Crippen LogP contribution in [0, 0.1) is 0 Å². The Hall–Kier alpha value is -1.07. The first-order valence-electron chi connectivity index (χ1n) is 6.13. The third-order valence-electron chi connectivity index (χ3n) is 2.84. The van der Waals surface area contributed by atoms with Gasteiger partial charge in [0, 0.05) is 5.02 Å². The van der Waals surface area contributed by atoms with Crippen LogP contribution in [0.5, 0.6) is 5.75 Å². The second kappa shape index (κ2) is 7.50. The first-order chi connectivity index (χ1) is 9.28. The van der Waals surface area contributed by atoms with Gasteiger partial charge in [0.05, 0.1) is 6.04 Å². The number of thiophene rings is 1. The van der Waals surface area contributed by atoms with Gasteiger partial charge in [-0.1, -0.05) is 17.7 Å². The molecule has 0 aliphatic rings. The molecule has 5 heteroatoms. The van der Waals surface area contributed by atoms with Crippen LogP contribution in [0.15, 0.2) is 41.1 Å². The summed E-state index contributed by atoms with van der Waals surface area (Å²) in [7, 11) is 0. The lowest BCUT2D eigenvalue weighted by Crippen LogP contribution is -2.39. The van der Waals surface area contributed by atoms with Crippen molar-refractivity contribution in [3.63, 3.8) is 0 Å². The first-order valence-corrected chi connectivity index (χ1v) is 7.45. The van der Waals surface area contributed by atoms with Gasteiger partial charge in [0.15, 0.2) is 0 Å². The van der Waals surface area contributed by atoms with Crippen molar-refractivity contribution in [1.82, 2.24) is 5.43 Å². The van der Waals surface area contributed by atoms with E-state index >= 15 is 0 Å². The molecule has 0 saturated heterocycles. The van der Waals surface area contributed by atoms with Gasteiger partial charge in [0.2, 0.25) is 0 Å². The summed E-state index contributed by atoms with van der Waals surface area (Å²) in [4.78, 5) is 0. The van der Waals surface area contributed by atoms with E-state index in [0.29, 0.717) is 11.6 Å². The fourth-order valence-electron chi connectivity index (χ4n) is 1.74. The van der Waals surface area contributed by atoms with E-state index in [0.717, 1.165) is 18.6 Å². The number of aryl methyl sites for hydroxylation is 1. The van der Waals surface area contributed by atoms with Crippen LogP contribution >= 0.6 is 22.9 Å². The van der Waals surface area contributed by atoms with Gasteiger partial charge in [-0.25, -0.2) is 0 Å². The number of nitrogens with two attached hydrogens (primary N) is 1. The Morgan fingerprint density at radius 2 is 2.26 bits per heavy atom. The predicted molar refractivity (Wildman–Crippen MR) is 80.7 cm³/mol. The standard InChI is InChI=1S/C14H17ClN2OS/c15-12-2-1-3-14(8-12)18-9-13(17-16)5-4-11-6-7-19-10-11/h1-3,6-8,10,13,17H,4-5,9,16H2. The van der Waals surface area contributed by atoms with Gasteiger partial charge >= 0.3 is 0 Å². The summed E-state index contributed by atoms with van der Waals surface area (Å²) in [6.45, 7) is 0.529. The Kier molecular flexibility index (Phi) is 5.66. The zero-order chi connectivity index (χ0) is 13.5. The highest BCUT2D eigenvalue weighted by Crippen LogP contribution is 2.17. The Morgan fingerprint density at radius 3 is 2.95 bits per heavy atom. The van der Waals surface area contributed by atoms with E-state index in [2.05, 4.69) is 22.3 Å². The fourth-order valence-corrected chi connectivity index (χ4v) is 2.63. The van der Waals surface area contributed by atoms with Crippen molar-refractivity contribution >= 4 is 22.9 Å². The molecule has 3 nitrogen and oxygen atoms in total. The SMILES string of the molecule is NNC(CCc1ccsc1)COc1cccc(Cl)c1. The lowest BCUT2D eigenvalue weighted by Gasteiger charge is -2.16. The third-order valence-corrected chi connectivity index (χ3v) is 3.81. The minimum absolute atomic E-state index is 0.124. The van der Waals surface area contributed by atoms with Gasteiger partial charge in [-0.05, 0) is 53.4 Å². The average molecular weight is 297 g/mol. The lowest BCUT2D eigenvalue weighted by atomic mass is 10.1. The van der Waals surface area contributed by atoms with Crippen LogP contribution in [0.3, 0.4) is 0 Å². The van der Waals surface area contributed by atoms with Gasteiger partial charge in [-0.2, -0.15) is 11.3 Å². The van der Waals surface area contributed by atoms with Crippen LogP contribution in [0.4, 0.5) is 0 Å². The quantitative estimate of drug-likeness (QED) is 0.609. The molecule has 0 amide bonds. The topological polar surface area (TPSA) is 47.3 Å². The maximum absolute atomic E-state index is 5.90. The smallest absolute Gasteiger partial charge is 0.120 e. The number of hydrogen-bond acceptors (Lipinski definition) is 4. The van der Waals surface area contributed by atoms with Crippen molar-refractivity contribution in [2.45, 2.75) is 18.9 Å². The number of benzene rings is 1. The van der Waals surface area contributed by atoms with Crippen molar-refractivity contribution in [2.75, 3.05) is 6.61 Å². The fraction of sp³-hybridized carbons (Fsp3) is 0.286. The van der Waals surface area contributed by atoms with E-state index in [4.69, 9.17) is 22.2 Å². The molecule has 19 heavy (non-hydrogen) atoms. The molecule has 0 bridgehead atoms. The summed E-state index contributed by atoms with van der Waals surface area (Å²) in [5.41, 5.74) is 4.14. The van der Waals surface area contributed by atoms with E-state index in [-0.39, 0.29) is 6.04 Å². The van der Waals surface area contributed by atoms with Gasteiger partial charge in [0.25, 0.3) is 0 Å². The molecule has 1 aromatic heterocycles. The molecule has 1 heterocycles. The van der Waals surface area contributed by atoms with Crippen molar-refractivity contribution in [1.29, 1.82) is 0 Å².